The van der Waals surface area contributed by atoms with Crippen molar-refractivity contribution in [3.8, 4) is 17.2 Å². The molecule has 1 aliphatic heterocycles. The molecule has 172 valence electrons. The van der Waals surface area contributed by atoms with Crippen LogP contribution in [0.1, 0.15) is 34.5 Å². The summed E-state index contributed by atoms with van der Waals surface area (Å²) in [7, 11) is 4.71. The molecule has 8 heteroatoms. The lowest BCUT2D eigenvalue weighted by Crippen LogP contribution is -2.53. The van der Waals surface area contributed by atoms with E-state index in [1.54, 1.807) is 42.2 Å². The monoisotopic (exact) mass is 441 g/mol. The van der Waals surface area contributed by atoms with Crippen molar-refractivity contribution in [2.24, 2.45) is 0 Å². The summed E-state index contributed by atoms with van der Waals surface area (Å²) in [4.78, 5) is 29.3. The standard InChI is InChI=1S/C24H31N3O5/c1-16-6-9-21(31-4)20(14-16)17(2)25-24(29)27-12-10-26(11-13-27)23(28)19-8-7-18(30-3)15-22(19)32-5/h6-9,14-15,17H,10-13H2,1-5H3,(H,25,29). The van der Waals surface area contributed by atoms with E-state index in [2.05, 4.69) is 5.32 Å². The van der Waals surface area contributed by atoms with E-state index in [1.165, 1.54) is 7.11 Å². The Balaban J connectivity index is 1.60. The summed E-state index contributed by atoms with van der Waals surface area (Å²) in [6, 6.07) is 10.7. The van der Waals surface area contributed by atoms with Crippen LogP contribution in [0.3, 0.4) is 0 Å². The molecule has 0 aromatic heterocycles. The molecular weight excluding hydrogens is 410 g/mol. The Morgan fingerprint density at radius 2 is 1.53 bits per heavy atom. The van der Waals surface area contributed by atoms with Crippen molar-refractivity contribution < 1.29 is 23.8 Å². The van der Waals surface area contributed by atoms with E-state index in [0.717, 1.165) is 16.9 Å². The molecule has 1 heterocycles. The van der Waals surface area contributed by atoms with Gasteiger partial charge in [0, 0.05) is 37.8 Å². The lowest BCUT2D eigenvalue weighted by Gasteiger charge is -2.35. The Morgan fingerprint density at radius 1 is 0.875 bits per heavy atom. The molecule has 3 rings (SSSR count). The smallest absolute Gasteiger partial charge is 0.317 e. The minimum atomic E-state index is -0.208. The Kier molecular flexibility index (Phi) is 7.45. The summed E-state index contributed by atoms with van der Waals surface area (Å²) < 4.78 is 16.0. The largest absolute Gasteiger partial charge is 0.497 e. The third kappa shape index (κ3) is 5.07. The van der Waals surface area contributed by atoms with Gasteiger partial charge in [-0.25, -0.2) is 4.79 Å². The van der Waals surface area contributed by atoms with Gasteiger partial charge in [0.1, 0.15) is 17.2 Å². The van der Waals surface area contributed by atoms with Crippen LogP contribution in [-0.4, -0.2) is 69.2 Å². The maximum Gasteiger partial charge on any atom is 0.317 e. The fourth-order valence-corrected chi connectivity index (χ4v) is 3.80. The van der Waals surface area contributed by atoms with E-state index in [1.807, 2.05) is 32.0 Å². The zero-order chi connectivity index (χ0) is 23.3. The van der Waals surface area contributed by atoms with Crippen LogP contribution in [0.4, 0.5) is 4.79 Å². The summed E-state index contributed by atoms with van der Waals surface area (Å²) in [6.07, 6.45) is 0. The van der Waals surface area contributed by atoms with Gasteiger partial charge in [-0.3, -0.25) is 4.79 Å². The van der Waals surface area contributed by atoms with E-state index in [9.17, 15) is 9.59 Å². The second-order valence-electron chi connectivity index (χ2n) is 7.76. The third-order valence-electron chi connectivity index (χ3n) is 5.68. The molecule has 1 aliphatic rings. The summed E-state index contributed by atoms with van der Waals surface area (Å²) >= 11 is 0. The SMILES string of the molecule is COc1ccc(C(=O)N2CCN(C(=O)NC(C)c3cc(C)ccc3OC)CC2)c(OC)c1. The van der Waals surface area contributed by atoms with Crippen molar-refractivity contribution in [2.45, 2.75) is 19.9 Å². The molecule has 0 aliphatic carbocycles. The van der Waals surface area contributed by atoms with Crippen molar-refractivity contribution in [3.63, 3.8) is 0 Å². The molecular formula is C24H31N3O5. The summed E-state index contributed by atoms with van der Waals surface area (Å²) in [5.41, 5.74) is 2.51. The average Bonchev–Trinajstić information content (AvgIpc) is 2.83. The minimum Gasteiger partial charge on any atom is -0.497 e. The van der Waals surface area contributed by atoms with E-state index in [0.29, 0.717) is 43.2 Å². The maximum atomic E-state index is 13.0. The highest BCUT2D eigenvalue weighted by Gasteiger charge is 2.27. The van der Waals surface area contributed by atoms with Crippen molar-refractivity contribution in [1.29, 1.82) is 0 Å². The van der Waals surface area contributed by atoms with Gasteiger partial charge in [0.05, 0.1) is 32.9 Å². The number of carbonyl (C=O) groups is 2. The highest BCUT2D eigenvalue weighted by Crippen LogP contribution is 2.27. The van der Waals surface area contributed by atoms with E-state index < -0.39 is 0 Å². The van der Waals surface area contributed by atoms with Crippen LogP contribution in [0.5, 0.6) is 17.2 Å². The number of hydrogen-bond acceptors (Lipinski definition) is 5. The number of amides is 3. The number of aryl methyl sites for hydroxylation is 1. The second-order valence-corrected chi connectivity index (χ2v) is 7.76. The molecule has 1 saturated heterocycles. The van der Waals surface area contributed by atoms with Crippen LogP contribution in [0.15, 0.2) is 36.4 Å². The Labute approximate surface area is 189 Å². The van der Waals surface area contributed by atoms with Gasteiger partial charge in [0.15, 0.2) is 0 Å². The molecule has 1 unspecified atom stereocenters. The molecule has 0 radical (unpaired) electrons. The number of carbonyl (C=O) groups excluding carboxylic acids is 2. The van der Waals surface area contributed by atoms with Crippen molar-refractivity contribution >= 4 is 11.9 Å². The van der Waals surface area contributed by atoms with Gasteiger partial charge in [-0.15, -0.1) is 0 Å². The Bertz CT molecular complexity index is 970. The number of piperazine rings is 1. The predicted octanol–water partition coefficient (Wildman–Crippen LogP) is 3.25. The predicted molar refractivity (Wildman–Crippen MR) is 122 cm³/mol. The van der Waals surface area contributed by atoms with E-state index in [-0.39, 0.29) is 18.0 Å². The fraction of sp³-hybridized carbons (Fsp3) is 0.417. The van der Waals surface area contributed by atoms with Gasteiger partial charge < -0.3 is 29.3 Å². The van der Waals surface area contributed by atoms with Gasteiger partial charge in [0.25, 0.3) is 5.91 Å². The van der Waals surface area contributed by atoms with Crippen molar-refractivity contribution in [2.75, 3.05) is 47.5 Å². The number of rotatable bonds is 6. The lowest BCUT2D eigenvalue weighted by atomic mass is 10.0. The number of benzene rings is 2. The summed E-state index contributed by atoms with van der Waals surface area (Å²) in [5.74, 6) is 1.71. The van der Waals surface area contributed by atoms with Gasteiger partial charge in [-0.1, -0.05) is 17.7 Å². The minimum absolute atomic E-state index is 0.123. The Hall–Kier alpha value is -3.42. The molecule has 2 aromatic rings. The van der Waals surface area contributed by atoms with E-state index in [4.69, 9.17) is 14.2 Å². The highest BCUT2D eigenvalue weighted by atomic mass is 16.5. The number of urea groups is 1. The van der Waals surface area contributed by atoms with Crippen LogP contribution in [0.2, 0.25) is 0 Å². The lowest BCUT2D eigenvalue weighted by molar-refractivity contribution is 0.0660. The van der Waals surface area contributed by atoms with Crippen molar-refractivity contribution in [1.82, 2.24) is 15.1 Å². The molecule has 32 heavy (non-hydrogen) atoms. The summed E-state index contributed by atoms with van der Waals surface area (Å²) in [6.45, 7) is 5.74. The number of nitrogens with zero attached hydrogens (tertiary/aromatic N) is 2. The molecule has 0 spiro atoms. The van der Waals surface area contributed by atoms with E-state index >= 15 is 0 Å². The van der Waals surface area contributed by atoms with Crippen LogP contribution in [-0.2, 0) is 0 Å². The second kappa shape index (κ2) is 10.3. The maximum absolute atomic E-state index is 13.0. The number of hydrogen-bond donors (Lipinski definition) is 1. The van der Waals surface area contributed by atoms with Gasteiger partial charge in [0.2, 0.25) is 0 Å². The first-order chi connectivity index (χ1) is 15.4. The highest BCUT2D eigenvalue weighted by molar-refractivity contribution is 5.97. The molecule has 1 fully saturated rings. The Morgan fingerprint density at radius 3 is 2.16 bits per heavy atom. The normalized spacial score (nSPS) is 14.5. The van der Waals surface area contributed by atoms with Crippen LogP contribution in [0.25, 0.3) is 0 Å². The zero-order valence-electron chi connectivity index (χ0n) is 19.3. The quantitative estimate of drug-likeness (QED) is 0.744. The van der Waals surface area contributed by atoms with Crippen LogP contribution < -0.4 is 19.5 Å². The van der Waals surface area contributed by atoms with Gasteiger partial charge in [-0.05, 0) is 32.0 Å². The van der Waals surface area contributed by atoms with Gasteiger partial charge >= 0.3 is 6.03 Å². The zero-order valence-corrected chi connectivity index (χ0v) is 19.3. The number of nitrogens with one attached hydrogen (secondary N) is 1. The number of ether oxygens (including phenoxy) is 3. The van der Waals surface area contributed by atoms with Crippen LogP contribution >= 0.6 is 0 Å². The first kappa shape index (κ1) is 23.2. The summed E-state index contributed by atoms with van der Waals surface area (Å²) in [5, 5.41) is 3.04. The third-order valence-corrected chi connectivity index (χ3v) is 5.68. The van der Waals surface area contributed by atoms with Crippen molar-refractivity contribution in [3.05, 3.63) is 53.1 Å². The molecule has 0 bridgehead atoms. The average molecular weight is 442 g/mol. The first-order valence-electron chi connectivity index (χ1n) is 10.6. The van der Waals surface area contributed by atoms with Crippen LogP contribution in [0, 0.1) is 6.92 Å². The van der Waals surface area contributed by atoms with Gasteiger partial charge in [-0.2, -0.15) is 0 Å². The molecule has 3 amide bonds. The first-order valence-corrected chi connectivity index (χ1v) is 10.6. The molecule has 0 saturated carbocycles. The molecule has 8 nitrogen and oxygen atoms in total. The molecule has 1 N–H and O–H groups in total. The number of methoxy groups -OCH3 is 3. The fourth-order valence-electron chi connectivity index (χ4n) is 3.80. The molecule has 1 atom stereocenters. The molecule has 2 aromatic carbocycles. The topological polar surface area (TPSA) is 80.3 Å².